The molecule has 4 aromatic rings. The monoisotopic (exact) mass is 371 g/mol. The number of benzene rings is 2. The van der Waals surface area contributed by atoms with Gasteiger partial charge in [-0.25, -0.2) is 4.98 Å². The highest BCUT2D eigenvalue weighted by Gasteiger charge is 2.45. The molecule has 3 heterocycles. The number of rotatable bonds is 3. The normalized spacial score (nSPS) is 19.3. The summed E-state index contributed by atoms with van der Waals surface area (Å²) in [6.45, 7) is 0. The second-order valence-corrected chi connectivity index (χ2v) is 6.87. The molecule has 2 aromatic heterocycles. The van der Waals surface area contributed by atoms with Crippen LogP contribution in [0.4, 0.5) is 0 Å². The number of para-hydroxylation sites is 2. The van der Waals surface area contributed by atoms with E-state index in [2.05, 4.69) is 15.3 Å². The molecular weight excluding hydrogens is 354 g/mol. The van der Waals surface area contributed by atoms with Crippen LogP contribution in [0.5, 0.6) is 5.88 Å². The van der Waals surface area contributed by atoms with Crippen LogP contribution in [0, 0.1) is 0 Å². The fourth-order valence-corrected chi connectivity index (χ4v) is 4.11. The Bertz CT molecular complexity index is 1240. The summed E-state index contributed by atoms with van der Waals surface area (Å²) >= 11 is 0. The zero-order valence-corrected chi connectivity index (χ0v) is 15.1. The van der Waals surface area contributed by atoms with Gasteiger partial charge in [0, 0.05) is 28.6 Å². The first-order chi connectivity index (χ1) is 13.7. The molecule has 6 heteroatoms. The topological polar surface area (TPSA) is 84.1 Å². The average molecular weight is 371 g/mol. The van der Waals surface area contributed by atoms with E-state index in [1.54, 1.807) is 6.07 Å². The van der Waals surface area contributed by atoms with Crippen LogP contribution in [0.2, 0.25) is 0 Å². The Balaban J connectivity index is 1.75. The minimum absolute atomic E-state index is 0.292. The molecule has 2 atom stereocenters. The molecule has 1 aliphatic rings. The standard InChI is InChI=1S/C22H17N3O3/c1-28-18-10-14(12-6-3-5-9-17(12)24-18)19-20(22(27)25-21(19)26)15-11-23-16-8-4-2-7-13(15)16/h2-11,19-20,23H,1H3,(H,25,26,27). The number of hydrogen-bond donors (Lipinski definition) is 2. The summed E-state index contributed by atoms with van der Waals surface area (Å²) in [4.78, 5) is 33.3. The van der Waals surface area contributed by atoms with Crippen molar-refractivity contribution in [3.05, 3.63) is 71.9 Å². The number of aromatic amines is 1. The number of fused-ring (bicyclic) bond motifs is 2. The van der Waals surface area contributed by atoms with Gasteiger partial charge >= 0.3 is 0 Å². The summed E-state index contributed by atoms with van der Waals surface area (Å²) in [5, 5.41) is 4.29. The number of hydrogen-bond acceptors (Lipinski definition) is 4. The number of nitrogens with one attached hydrogen (secondary N) is 2. The van der Waals surface area contributed by atoms with Gasteiger partial charge in [-0.1, -0.05) is 36.4 Å². The molecule has 0 radical (unpaired) electrons. The molecular formula is C22H17N3O3. The Morgan fingerprint density at radius 2 is 1.57 bits per heavy atom. The van der Waals surface area contributed by atoms with E-state index in [-0.39, 0.29) is 11.8 Å². The van der Waals surface area contributed by atoms with Gasteiger partial charge in [-0.3, -0.25) is 14.9 Å². The van der Waals surface area contributed by atoms with Crippen molar-refractivity contribution in [2.75, 3.05) is 7.11 Å². The number of methoxy groups -OCH3 is 1. The molecule has 0 saturated carbocycles. The molecule has 1 fully saturated rings. The lowest BCUT2D eigenvalue weighted by Gasteiger charge is -2.18. The van der Waals surface area contributed by atoms with Gasteiger partial charge in [0.2, 0.25) is 17.7 Å². The number of carbonyl (C=O) groups excluding carboxylic acids is 2. The highest BCUT2D eigenvalue weighted by molar-refractivity contribution is 6.13. The molecule has 2 amide bonds. The molecule has 1 aliphatic heterocycles. The van der Waals surface area contributed by atoms with Crippen molar-refractivity contribution < 1.29 is 14.3 Å². The van der Waals surface area contributed by atoms with Gasteiger partial charge < -0.3 is 9.72 Å². The van der Waals surface area contributed by atoms with Gasteiger partial charge in [0.25, 0.3) is 0 Å². The first kappa shape index (κ1) is 16.5. The van der Waals surface area contributed by atoms with Gasteiger partial charge in [0.05, 0.1) is 24.5 Å². The first-order valence-electron chi connectivity index (χ1n) is 9.02. The van der Waals surface area contributed by atoms with Crippen molar-refractivity contribution in [3.63, 3.8) is 0 Å². The smallest absolute Gasteiger partial charge is 0.235 e. The van der Waals surface area contributed by atoms with Crippen LogP contribution in [0.3, 0.4) is 0 Å². The number of pyridine rings is 1. The maximum absolute atomic E-state index is 12.9. The highest BCUT2D eigenvalue weighted by atomic mass is 16.5. The summed E-state index contributed by atoms with van der Waals surface area (Å²) < 4.78 is 5.35. The largest absolute Gasteiger partial charge is 0.481 e. The Morgan fingerprint density at radius 1 is 0.893 bits per heavy atom. The molecule has 5 rings (SSSR count). The molecule has 138 valence electrons. The molecule has 2 unspecified atom stereocenters. The fraction of sp³-hybridized carbons (Fsp3) is 0.136. The predicted molar refractivity (Wildman–Crippen MR) is 105 cm³/mol. The Hall–Kier alpha value is -3.67. The molecule has 28 heavy (non-hydrogen) atoms. The molecule has 0 aliphatic carbocycles. The van der Waals surface area contributed by atoms with Crippen LogP contribution in [0.15, 0.2) is 60.8 Å². The Kier molecular flexibility index (Phi) is 3.65. The summed E-state index contributed by atoms with van der Waals surface area (Å²) in [6, 6.07) is 17.1. The number of H-pyrrole nitrogens is 1. The fourth-order valence-electron chi connectivity index (χ4n) is 4.11. The van der Waals surface area contributed by atoms with Crippen molar-refractivity contribution in [3.8, 4) is 5.88 Å². The molecule has 0 spiro atoms. The average Bonchev–Trinajstić information content (AvgIpc) is 3.26. The lowest BCUT2D eigenvalue weighted by molar-refractivity contribution is -0.125. The quantitative estimate of drug-likeness (QED) is 0.542. The van der Waals surface area contributed by atoms with Crippen LogP contribution in [-0.4, -0.2) is 28.9 Å². The zero-order valence-electron chi connectivity index (χ0n) is 15.1. The van der Waals surface area contributed by atoms with Crippen molar-refractivity contribution in [1.82, 2.24) is 15.3 Å². The summed E-state index contributed by atoms with van der Waals surface area (Å²) in [7, 11) is 1.54. The van der Waals surface area contributed by atoms with Crippen LogP contribution in [0.1, 0.15) is 23.0 Å². The van der Waals surface area contributed by atoms with Crippen molar-refractivity contribution in [2.24, 2.45) is 0 Å². The maximum Gasteiger partial charge on any atom is 0.235 e. The SMILES string of the molecule is COc1cc(C2C(=O)NC(=O)C2c2c[nH]c3ccccc23)c2ccccc2n1. The van der Waals surface area contributed by atoms with Gasteiger partial charge in [-0.2, -0.15) is 0 Å². The molecule has 2 N–H and O–H groups in total. The van der Waals surface area contributed by atoms with Crippen LogP contribution in [-0.2, 0) is 9.59 Å². The van der Waals surface area contributed by atoms with Crippen molar-refractivity contribution in [2.45, 2.75) is 11.8 Å². The number of carbonyl (C=O) groups is 2. The number of imide groups is 1. The van der Waals surface area contributed by atoms with E-state index in [9.17, 15) is 9.59 Å². The van der Waals surface area contributed by atoms with E-state index < -0.39 is 11.8 Å². The van der Waals surface area contributed by atoms with Gasteiger partial charge in [0.1, 0.15) is 0 Å². The summed E-state index contributed by atoms with van der Waals surface area (Å²) in [6.07, 6.45) is 1.82. The van der Waals surface area contributed by atoms with Crippen molar-refractivity contribution >= 4 is 33.6 Å². The van der Waals surface area contributed by atoms with Crippen LogP contribution >= 0.6 is 0 Å². The molecule has 1 saturated heterocycles. The number of aromatic nitrogens is 2. The highest BCUT2D eigenvalue weighted by Crippen LogP contribution is 2.43. The van der Waals surface area contributed by atoms with Crippen LogP contribution in [0.25, 0.3) is 21.8 Å². The third-order valence-corrected chi connectivity index (χ3v) is 5.37. The molecule has 2 aromatic carbocycles. The van der Waals surface area contributed by atoms with Crippen molar-refractivity contribution in [1.29, 1.82) is 0 Å². The lowest BCUT2D eigenvalue weighted by Crippen LogP contribution is -2.21. The van der Waals surface area contributed by atoms with Crippen LogP contribution < -0.4 is 10.1 Å². The second kappa shape index (κ2) is 6.20. The second-order valence-electron chi connectivity index (χ2n) is 6.87. The number of nitrogens with zero attached hydrogens (tertiary/aromatic N) is 1. The third-order valence-electron chi connectivity index (χ3n) is 5.37. The number of ether oxygens (including phenoxy) is 1. The van der Waals surface area contributed by atoms with E-state index in [1.165, 1.54) is 7.11 Å². The molecule has 6 nitrogen and oxygen atoms in total. The maximum atomic E-state index is 12.9. The number of amides is 2. The van der Waals surface area contributed by atoms with E-state index in [0.717, 1.165) is 32.9 Å². The zero-order chi connectivity index (χ0) is 19.3. The third kappa shape index (κ3) is 2.38. The van der Waals surface area contributed by atoms with Gasteiger partial charge in [-0.05, 0) is 23.3 Å². The van der Waals surface area contributed by atoms with E-state index in [0.29, 0.717) is 5.88 Å². The minimum atomic E-state index is -0.659. The predicted octanol–water partition coefficient (Wildman–Crippen LogP) is 3.25. The van der Waals surface area contributed by atoms with E-state index in [4.69, 9.17) is 4.74 Å². The van der Waals surface area contributed by atoms with Gasteiger partial charge in [0.15, 0.2) is 0 Å². The van der Waals surface area contributed by atoms with E-state index in [1.807, 2.05) is 54.7 Å². The van der Waals surface area contributed by atoms with Gasteiger partial charge in [-0.15, -0.1) is 0 Å². The molecule has 0 bridgehead atoms. The summed E-state index contributed by atoms with van der Waals surface area (Å²) in [5.74, 6) is -1.47. The summed E-state index contributed by atoms with van der Waals surface area (Å²) in [5.41, 5.74) is 3.20. The Morgan fingerprint density at radius 3 is 2.36 bits per heavy atom. The lowest BCUT2D eigenvalue weighted by atomic mass is 9.82. The van der Waals surface area contributed by atoms with E-state index >= 15 is 0 Å². The first-order valence-corrected chi connectivity index (χ1v) is 9.02. The Labute approximate surface area is 160 Å². The minimum Gasteiger partial charge on any atom is -0.481 e.